The first-order valence-corrected chi connectivity index (χ1v) is 10.1. The second-order valence-corrected chi connectivity index (χ2v) is 6.11. The topological polar surface area (TPSA) is 0 Å². The summed E-state index contributed by atoms with van der Waals surface area (Å²) >= 11 is 4.38. The maximum absolute atomic E-state index is 2.53. The van der Waals surface area contributed by atoms with E-state index in [0.29, 0.717) is 0 Å². The Hall–Kier alpha value is 1.07. The van der Waals surface area contributed by atoms with Gasteiger partial charge in [-0.1, -0.05) is 24.3 Å². The second-order valence-electron chi connectivity index (χ2n) is 1.95. The van der Waals surface area contributed by atoms with Crippen LogP contribution in [0.1, 0.15) is 0 Å². The van der Waals surface area contributed by atoms with Crippen molar-refractivity contribution in [2.75, 3.05) is 6.26 Å². The van der Waals surface area contributed by atoms with Gasteiger partial charge in [0.2, 0.25) is 0 Å². The van der Waals surface area contributed by atoms with Gasteiger partial charge in [-0.25, -0.2) is 0 Å². The van der Waals surface area contributed by atoms with Gasteiger partial charge in [0.25, 0.3) is 0 Å². The third-order valence-corrected chi connectivity index (χ3v) is 5.80. The molecule has 0 amide bonds. The maximum Gasteiger partial charge on any atom is 0.504 e. The average Bonchev–Trinajstić information content (AvgIpc) is 2.04. The van der Waals surface area contributed by atoms with Gasteiger partial charge >= 0.3 is 16.5 Å². The summed E-state index contributed by atoms with van der Waals surface area (Å²) in [7, 11) is 0. The molecule has 0 fully saturated rings. The van der Waals surface area contributed by atoms with E-state index in [1.165, 1.54) is 4.90 Å². The van der Waals surface area contributed by atoms with Gasteiger partial charge in [-0.3, -0.25) is 18.9 Å². The summed E-state index contributed by atoms with van der Waals surface area (Å²) in [5.41, 5.74) is 0. The first-order valence-electron chi connectivity index (χ1n) is 3.06. The molecule has 10 heavy (non-hydrogen) atoms. The van der Waals surface area contributed by atoms with Crippen molar-refractivity contribution in [3.8, 4) is 0 Å². The van der Waals surface area contributed by atoms with Gasteiger partial charge in [-0.05, 0) is 11.2 Å². The molecule has 50 valence electrons. The lowest BCUT2D eigenvalue weighted by molar-refractivity contribution is 1.53. The molecular weight excluding hydrogens is 267 g/mol. The van der Waals surface area contributed by atoms with Crippen LogP contribution in [0.25, 0.3) is 0 Å². The lowest BCUT2D eigenvalue weighted by Crippen LogP contribution is -2.09. The minimum atomic E-state index is 0.000525. The Morgan fingerprint density at radius 1 is 1.40 bits per heavy atom. The van der Waals surface area contributed by atoms with Crippen molar-refractivity contribution in [2.24, 2.45) is 0 Å². The van der Waals surface area contributed by atoms with Crippen LogP contribution in [-0.4, -0.2) is 22.7 Å². The summed E-state index contributed by atoms with van der Waals surface area (Å²) in [5, 5.41) is 0. The Balaban J connectivity index is 2.96. The molecule has 0 radical (unpaired) electrons. The van der Waals surface area contributed by atoms with Crippen molar-refractivity contribution in [3.05, 3.63) is 24.3 Å². The van der Waals surface area contributed by atoms with E-state index in [9.17, 15) is 0 Å². The Labute approximate surface area is 85.3 Å². The molecule has 0 nitrogen and oxygen atoms in total. The SMILES string of the molecule is CSc1cccc[c]1[Mg][I]. The predicted molar refractivity (Wildman–Crippen MR) is 57.6 cm³/mol. The fourth-order valence-corrected chi connectivity index (χ4v) is 5.25. The smallest absolute Gasteiger partial charge is 0.291 e. The molecule has 1 aromatic rings. The Bertz CT molecular complexity index is 192. The first-order chi connectivity index (χ1) is 4.88. The average molecular weight is 274 g/mol. The highest BCUT2D eigenvalue weighted by Gasteiger charge is 1.99. The Morgan fingerprint density at radius 3 is 2.60 bits per heavy atom. The standard InChI is InChI=1S/C7H7S.HI.Mg/c1-8-7-5-3-2-4-6-7;;/h2-5H,1H3;1H;/q;;+1/p-1. The Kier molecular flexibility index (Phi) is 4.44. The Morgan fingerprint density at radius 2 is 2.10 bits per heavy atom. The summed E-state index contributed by atoms with van der Waals surface area (Å²) in [6, 6.07) is 8.67. The highest BCUT2D eigenvalue weighted by molar-refractivity contribution is 14.1. The van der Waals surface area contributed by atoms with Crippen LogP contribution in [0.5, 0.6) is 0 Å². The van der Waals surface area contributed by atoms with E-state index >= 15 is 0 Å². The molecule has 0 aromatic heterocycles. The van der Waals surface area contributed by atoms with Crippen molar-refractivity contribution < 1.29 is 0 Å². The summed E-state index contributed by atoms with van der Waals surface area (Å²) in [6.07, 6.45) is 2.14. The van der Waals surface area contributed by atoms with E-state index in [1.54, 1.807) is 3.69 Å². The van der Waals surface area contributed by atoms with E-state index in [4.69, 9.17) is 0 Å². The fourth-order valence-electron chi connectivity index (χ4n) is 0.813. The molecule has 0 bridgehead atoms. The molecule has 1 aromatic carbocycles. The molecule has 0 heterocycles. The van der Waals surface area contributed by atoms with E-state index in [1.807, 2.05) is 11.8 Å². The minimum absolute atomic E-state index is 0.000525. The second kappa shape index (κ2) is 4.85. The largest absolute Gasteiger partial charge is 0.504 e. The molecule has 0 aliphatic heterocycles. The molecule has 3 heteroatoms. The molecule has 0 N–H and O–H groups in total. The third kappa shape index (κ3) is 2.29. The fraction of sp³-hybridized carbons (Fsp3) is 0.143. The van der Waals surface area contributed by atoms with Gasteiger partial charge in [-0.15, -0.1) is 15.5 Å². The van der Waals surface area contributed by atoms with Crippen LogP contribution in [0, 0.1) is 0 Å². The van der Waals surface area contributed by atoms with Gasteiger partial charge in [-0.2, -0.15) is 0 Å². The molecular formula is C7H7IMgS. The van der Waals surface area contributed by atoms with Crippen molar-refractivity contribution in [2.45, 2.75) is 4.90 Å². The van der Waals surface area contributed by atoms with Gasteiger partial charge < -0.3 is 0 Å². The third-order valence-electron chi connectivity index (χ3n) is 1.34. The number of benzene rings is 1. The zero-order valence-corrected chi connectivity index (χ0v) is 10.2. The van der Waals surface area contributed by atoms with Crippen LogP contribution >= 0.6 is 30.6 Å². The number of hydrogen-bond acceptors (Lipinski definition) is 1. The minimum Gasteiger partial charge on any atom is -0.291 e. The summed E-state index contributed by atoms with van der Waals surface area (Å²) < 4.78 is 1.58. The van der Waals surface area contributed by atoms with Crippen LogP contribution in [0.15, 0.2) is 29.2 Å². The molecule has 0 saturated heterocycles. The van der Waals surface area contributed by atoms with Crippen LogP contribution in [-0.2, 0) is 0 Å². The molecule has 0 aliphatic rings. The van der Waals surface area contributed by atoms with E-state index in [-0.39, 0.29) is 16.5 Å². The van der Waals surface area contributed by atoms with Crippen LogP contribution in [0.2, 0.25) is 0 Å². The first kappa shape index (κ1) is 9.16. The van der Waals surface area contributed by atoms with E-state index in [0.717, 1.165) is 0 Å². The van der Waals surface area contributed by atoms with E-state index < -0.39 is 0 Å². The highest BCUT2D eigenvalue weighted by atomic mass is 127. The molecule has 0 aliphatic carbocycles. The van der Waals surface area contributed by atoms with Crippen molar-refractivity contribution in [1.29, 1.82) is 0 Å². The number of halogens is 1. The predicted octanol–water partition coefficient (Wildman–Crippen LogP) is 2.09. The summed E-state index contributed by atoms with van der Waals surface area (Å²) in [5.74, 6) is 0. The van der Waals surface area contributed by atoms with E-state index in [2.05, 4.69) is 49.4 Å². The zero-order valence-electron chi connectivity index (χ0n) is 5.80. The quantitative estimate of drug-likeness (QED) is 0.452. The molecule has 1 rings (SSSR count). The van der Waals surface area contributed by atoms with Gasteiger partial charge in [0, 0.05) is 0 Å². The molecule has 0 spiro atoms. The normalized spacial score (nSPS) is 9.00. The zero-order chi connectivity index (χ0) is 7.40. The number of rotatable bonds is 2. The lowest BCUT2D eigenvalue weighted by Gasteiger charge is -2.01. The van der Waals surface area contributed by atoms with Gasteiger partial charge in [0.15, 0.2) is 0 Å². The van der Waals surface area contributed by atoms with Gasteiger partial charge in [0.05, 0.1) is 0 Å². The van der Waals surface area contributed by atoms with Crippen LogP contribution in [0.4, 0.5) is 0 Å². The van der Waals surface area contributed by atoms with Crippen LogP contribution < -0.4 is 3.69 Å². The van der Waals surface area contributed by atoms with Crippen LogP contribution in [0.3, 0.4) is 0 Å². The van der Waals surface area contributed by atoms with Crippen molar-refractivity contribution in [3.63, 3.8) is 0 Å². The summed E-state index contributed by atoms with van der Waals surface area (Å²) in [4.78, 5) is 1.46. The molecule has 0 atom stereocenters. The molecule has 0 saturated carbocycles. The number of thioether (sulfide) groups is 1. The summed E-state index contributed by atoms with van der Waals surface area (Å²) in [6.45, 7) is 0. The maximum atomic E-state index is 2.53. The number of hydrogen-bond donors (Lipinski definition) is 0. The monoisotopic (exact) mass is 274 g/mol. The lowest BCUT2D eigenvalue weighted by atomic mass is 10.4. The molecule has 0 unspecified atom stereocenters. The van der Waals surface area contributed by atoms with Gasteiger partial charge in [0.1, 0.15) is 0 Å². The highest BCUT2D eigenvalue weighted by Crippen LogP contribution is 2.10. The van der Waals surface area contributed by atoms with Crippen molar-refractivity contribution >= 4 is 50.8 Å². The van der Waals surface area contributed by atoms with Crippen molar-refractivity contribution in [1.82, 2.24) is 0 Å².